The lowest BCUT2D eigenvalue weighted by Gasteiger charge is -2.37. The monoisotopic (exact) mass is 409 g/mol. The summed E-state index contributed by atoms with van der Waals surface area (Å²) >= 11 is 11.3. The quantitative estimate of drug-likeness (QED) is 0.731. The minimum absolute atomic E-state index is 0.0297. The molecule has 0 spiro atoms. The Hall–Kier alpha value is -2.08. The molecular formula is C20H21Cl2NO4. The molecule has 1 unspecified atom stereocenters. The van der Waals surface area contributed by atoms with Crippen LogP contribution >= 0.6 is 23.2 Å². The number of hydrogen-bond donors (Lipinski definition) is 2. The summed E-state index contributed by atoms with van der Waals surface area (Å²) in [5.74, 6) is 0.222. The maximum absolute atomic E-state index is 11.2. The minimum atomic E-state index is -0.572. The van der Waals surface area contributed by atoms with Crippen LogP contribution in [0.3, 0.4) is 0 Å². The van der Waals surface area contributed by atoms with Crippen LogP contribution in [0, 0.1) is 0 Å². The van der Waals surface area contributed by atoms with Crippen molar-refractivity contribution in [3.63, 3.8) is 0 Å². The van der Waals surface area contributed by atoms with Gasteiger partial charge in [0.05, 0.1) is 21.7 Å². The van der Waals surface area contributed by atoms with Crippen LogP contribution in [-0.2, 0) is 6.42 Å². The summed E-state index contributed by atoms with van der Waals surface area (Å²) in [7, 11) is 0. The van der Waals surface area contributed by atoms with Gasteiger partial charge in [0.15, 0.2) is 5.78 Å². The van der Waals surface area contributed by atoms with E-state index in [-0.39, 0.29) is 16.4 Å². The summed E-state index contributed by atoms with van der Waals surface area (Å²) in [5.41, 5.74) is 6.25. The molecule has 0 aromatic heterocycles. The van der Waals surface area contributed by atoms with Crippen LogP contribution in [0.2, 0.25) is 10.0 Å². The van der Waals surface area contributed by atoms with Gasteiger partial charge in [-0.05, 0) is 56.7 Å². The zero-order chi connectivity index (χ0) is 20.4. The summed E-state index contributed by atoms with van der Waals surface area (Å²) in [4.78, 5) is 21.9. The molecule has 1 aliphatic heterocycles. The number of carbonyl (C=O) groups excluding carboxylic acids is 2. The second kappa shape index (κ2) is 8.30. The van der Waals surface area contributed by atoms with Crippen LogP contribution in [0.1, 0.15) is 47.1 Å². The number of ether oxygens (including phenoxy) is 1. The standard InChI is InChI=1S/C13H16O3.C7H5Cl2NO/c1-8(14)9-4-5-11-10(6-9)7-12(15)13(2,3)16-11;8-5-3-1-2-4(6(5)9)7(10)11/h4-6,12,15H,7H2,1-3H3;1-3H,(H2,10,11). The maximum Gasteiger partial charge on any atom is 0.250 e. The first-order valence-corrected chi connectivity index (χ1v) is 9.03. The molecule has 2 aromatic rings. The molecule has 1 amide bonds. The maximum atomic E-state index is 11.2. The summed E-state index contributed by atoms with van der Waals surface area (Å²) in [5, 5.41) is 10.4. The van der Waals surface area contributed by atoms with Gasteiger partial charge in [-0.25, -0.2) is 0 Å². The molecule has 0 saturated heterocycles. The van der Waals surface area contributed by atoms with Gasteiger partial charge < -0.3 is 15.6 Å². The van der Waals surface area contributed by atoms with Crippen LogP contribution in [0.4, 0.5) is 0 Å². The predicted molar refractivity (Wildman–Crippen MR) is 106 cm³/mol. The van der Waals surface area contributed by atoms with E-state index in [1.165, 1.54) is 13.0 Å². The molecule has 1 atom stereocenters. The van der Waals surface area contributed by atoms with Crippen molar-refractivity contribution in [3.05, 3.63) is 63.1 Å². The van der Waals surface area contributed by atoms with Crippen molar-refractivity contribution in [3.8, 4) is 5.75 Å². The number of rotatable bonds is 2. The molecule has 0 aliphatic carbocycles. The number of primary amides is 1. The fraction of sp³-hybridized carbons (Fsp3) is 0.300. The van der Waals surface area contributed by atoms with E-state index in [1.807, 2.05) is 13.8 Å². The van der Waals surface area contributed by atoms with E-state index in [9.17, 15) is 14.7 Å². The molecule has 5 nitrogen and oxygen atoms in total. The third-order valence-electron chi connectivity index (χ3n) is 4.27. The summed E-state index contributed by atoms with van der Waals surface area (Å²) < 4.78 is 5.70. The number of benzene rings is 2. The topological polar surface area (TPSA) is 89.6 Å². The van der Waals surface area contributed by atoms with E-state index in [1.54, 1.807) is 30.3 Å². The molecule has 1 aliphatic rings. The Morgan fingerprint density at radius 3 is 2.44 bits per heavy atom. The van der Waals surface area contributed by atoms with Gasteiger partial charge in [-0.15, -0.1) is 0 Å². The van der Waals surface area contributed by atoms with Crippen molar-refractivity contribution in [2.75, 3.05) is 0 Å². The van der Waals surface area contributed by atoms with E-state index in [2.05, 4.69) is 0 Å². The molecule has 144 valence electrons. The van der Waals surface area contributed by atoms with Crippen LogP contribution in [-0.4, -0.2) is 28.5 Å². The Morgan fingerprint density at radius 1 is 1.22 bits per heavy atom. The van der Waals surface area contributed by atoms with E-state index in [4.69, 9.17) is 33.7 Å². The number of carbonyl (C=O) groups is 2. The molecule has 0 bridgehead atoms. The van der Waals surface area contributed by atoms with Gasteiger partial charge in [-0.2, -0.15) is 0 Å². The SMILES string of the molecule is CC(=O)c1ccc2c(c1)CC(O)C(C)(C)O2.NC(=O)c1cccc(Cl)c1Cl. The third kappa shape index (κ3) is 5.01. The molecule has 0 saturated carbocycles. The summed E-state index contributed by atoms with van der Waals surface area (Å²) in [6.07, 6.45) is -0.00842. The number of Topliss-reactive ketones (excluding diaryl/α,β-unsaturated/α-hetero) is 1. The lowest BCUT2D eigenvalue weighted by molar-refractivity contribution is -0.0411. The summed E-state index contributed by atoms with van der Waals surface area (Å²) in [6, 6.07) is 10.1. The predicted octanol–water partition coefficient (Wildman–Crippen LogP) is 4.06. The van der Waals surface area contributed by atoms with Gasteiger partial charge >= 0.3 is 0 Å². The molecule has 0 radical (unpaired) electrons. The van der Waals surface area contributed by atoms with E-state index in [0.717, 1.165) is 11.3 Å². The molecule has 0 fully saturated rings. The largest absolute Gasteiger partial charge is 0.485 e. The fourth-order valence-electron chi connectivity index (χ4n) is 2.56. The first-order valence-electron chi connectivity index (χ1n) is 8.27. The van der Waals surface area contributed by atoms with Crippen LogP contribution < -0.4 is 10.5 Å². The number of halogens is 2. The molecule has 3 N–H and O–H groups in total. The Kier molecular flexibility index (Phi) is 6.52. The Labute approximate surface area is 168 Å². The molecular weight excluding hydrogens is 389 g/mol. The van der Waals surface area contributed by atoms with Gasteiger partial charge in [0.1, 0.15) is 11.4 Å². The van der Waals surface area contributed by atoms with Gasteiger partial charge in [0, 0.05) is 12.0 Å². The minimum Gasteiger partial charge on any atom is -0.485 e. The Balaban J connectivity index is 0.000000208. The molecule has 7 heteroatoms. The number of amides is 1. The first-order chi connectivity index (χ1) is 12.5. The molecule has 3 rings (SSSR count). The second-order valence-electron chi connectivity index (χ2n) is 6.77. The lowest BCUT2D eigenvalue weighted by atomic mass is 9.90. The highest BCUT2D eigenvalue weighted by Crippen LogP contribution is 2.33. The lowest BCUT2D eigenvalue weighted by Crippen LogP contribution is -2.46. The fourth-order valence-corrected chi connectivity index (χ4v) is 2.95. The first kappa shape index (κ1) is 21.2. The van der Waals surface area contributed by atoms with E-state index >= 15 is 0 Å². The van der Waals surface area contributed by atoms with Gasteiger partial charge in [-0.1, -0.05) is 29.3 Å². The van der Waals surface area contributed by atoms with Crippen LogP contribution in [0.25, 0.3) is 0 Å². The van der Waals surface area contributed by atoms with Crippen molar-refractivity contribution in [2.45, 2.75) is 38.9 Å². The van der Waals surface area contributed by atoms with Gasteiger partial charge in [0.25, 0.3) is 0 Å². The zero-order valence-electron chi connectivity index (χ0n) is 15.3. The Bertz CT molecular complexity index is 880. The molecule has 1 heterocycles. The number of aliphatic hydroxyl groups is 1. The number of ketones is 1. The van der Waals surface area contributed by atoms with Gasteiger partial charge in [-0.3, -0.25) is 9.59 Å². The van der Waals surface area contributed by atoms with E-state index < -0.39 is 17.6 Å². The molecule has 27 heavy (non-hydrogen) atoms. The van der Waals surface area contributed by atoms with Crippen LogP contribution in [0.5, 0.6) is 5.75 Å². The normalized spacial score (nSPS) is 17.0. The van der Waals surface area contributed by atoms with Crippen molar-refractivity contribution >= 4 is 34.9 Å². The third-order valence-corrected chi connectivity index (χ3v) is 5.09. The van der Waals surface area contributed by atoms with Crippen LogP contribution in [0.15, 0.2) is 36.4 Å². The highest BCUT2D eigenvalue weighted by atomic mass is 35.5. The van der Waals surface area contributed by atoms with Crippen molar-refractivity contribution in [2.24, 2.45) is 5.73 Å². The van der Waals surface area contributed by atoms with Crippen molar-refractivity contribution in [1.29, 1.82) is 0 Å². The average molecular weight is 410 g/mol. The van der Waals surface area contributed by atoms with Crippen molar-refractivity contribution < 1.29 is 19.4 Å². The smallest absolute Gasteiger partial charge is 0.250 e. The zero-order valence-corrected chi connectivity index (χ0v) is 16.8. The highest BCUT2D eigenvalue weighted by molar-refractivity contribution is 6.43. The van der Waals surface area contributed by atoms with Crippen molar-refractivity contribution in [1.82, 2.24) is 0 Å². The second-order valence-corrected chi connectivity index (χ2v) is 7.55. The van der Waals surface area contributed by atoms with E-state index in [0.29, 0.717) is 17.0 Å². The number of aliphatic hydroxyl groups excluding tert-OH is 1. The highest BCUT2D eigenvalue weighted by Gasteiger charge is 2.35. The average Bonchev–Trinajstić information content (AvgIpc) is 2.58. The molecule has 2 aromatic carbocycles. The Morgan fingerprint density at radius 2 is 1.89 bits per heavy atom. The number of nitrogens with two attached hydrogens (primary N) is 1. The number of hydrogen-bond acceptors (Lipinski definition) is 4. The summed E-state index contributed by atoms with van der Waals surface area (Å²) in [6.45, 7) is 5.25. The number of fused-ring (bicyclic) bond motifs is 1. The van der Waals surface area contributed by atoms with Gasteiger partial charge in [0.2, 0.25) is 5.91 Å².